The summed E-state index contributed by atoms with van der Waals surface area (Å²) in [6.07, 6.45) is 5.36. The van der Waals surface area contributed by atoms with Crippen LogP contribution in [0, 0.1) is 0 Å². The predicted molar refractivity (Wildman–Crippen MR) is 78.9 cm³/mol. The number of amides is 1. The first-order valence-corrected chi connectivity index (χ1v) is 6.46. The molecule has 4 nitrogen and oxygen atoms in total. The van der Waals surface area contributed by atoms with E-state index in [0.29, 0.717) is 6.54 Å². The van der Waals surface area contributed by atoms with Gasteiger partial charge in [-0.1, -0.05) is 6.92 Å². The zero-order valence-electron chi connectivity index (χ0n) is 10.3. The van der Waals surface area contributed by atoms with Crippen LogP contribution in [0.3, 0.4) is 0 Å². The standard InChI is InChI=1S/C11H17N3OS.2ClH/c1-2-8-7-14-9(16-8)3-6-13-10(15)11(12)4-5-11;;/h7H,2-6,12H2,1H3,(H,13,15);2*1H. The Morgan fingerprint density at radius 3 is 2.72 bits per heavy atom. The Balaban J connectivity index is 0.00000144. The van der Waals surface area contributed by atoms with E-state index >= 15 is 0 Å². The van der Waals surface area contributed by atoms with Gasteiger partial charge >= 0.3 is 0 Å². The molecule has 1 aromatic rings. The Morgan fingerprint density at radius 2 is 2.22 bits per heavy atom. The molecule has 104 valence electrons. The molecule has 1 heterocycles. The van der Waals surface area contributed by atoms with Crippen LogP contribution in [0.4, 0.5) is 0 Å². The summed E-state index contributed by atoms with van der Waals surface area (Å²) in [4.78, 5) is 17.1. The highest BCUT2D eigenvalue weighted by atomic mass is 35.5. The van der Waals surface area contributed by atoms with Crippen LogP contribution in [0.15, 0.2) is 6.20 Å². The summed E-state index contributed by atoms with van der Waals surface area (Å²) >= 11 is 1.71. The highest BCUT2D eigenvalue weighted by Gasteiger charge is 2.45. The van der Waals surface area contributed by atoms with E-state index in [1.54, 1.807) is 11.3 Å². The van der Waals surface area contributed by atoms with Crippen molar-refractivity contribution < 1.29 is 4.79 Å². The van der Waals surface area contributed by atoms with Crippen molar-refractivity contribution in [1.82, 2.24) is 10.3 Å². The third-order valence-corrected chi connectivity index (χ3v) is 4.02. The fourth-order valence-electron chi connectivity index (χ4n) is 1.45. The number of carbonyl (C=O) groups excluding carboxylic acids is 1. The first kappa shape index (κ1) is 17.6. The van der Waals surface area contributed by atoms with E-state index in [0.717, 1.165) is 30.7 Å². The lowest BCUT2D eigenvalue weighted by atomic mass is 10.2. The molecule has 0 unspecified atom stereocenters. The Morgan fingerprint density at radius 1 is 1.56 bits per heavy atom. The molecule has 1 aliphatic rings. The number of nitrogens with two attached hydrogens (primary N) is 1. The molecular weight excluding hydrogens is 293 g/mol. The molecule has 1 aliphatic carbocycles. The lowest BCUT2D eigenvalue weighted by Gasteiger charge is -2.08. The molecule has 0 aliphatic heterocycles. The average Bonchev–Trinajstić information content (AvgIpc) is 2.87. The molecule has 0 radical (unpaired) electrons. The van der Waals surface area contributed by atoms with Crippen LogP contribution >= 0.6 is 36.2 Å². The number of halogens is 2. The number of thiazole rings is 1. The minimum Gasteiger partial charge on any atom is -0.354 e. The van der Waals surface area contributed by atoms with E-state index in [2.05, 4.69) is 17.2 Å². The first-order valence-electron chi connectivity index (χ1n) is 5.65. The Hall–Kier alpha value is -0.360. The summed E-state index contributed by atoms with van der Waals surface area (Å²) in [7, 11) is 0. The van der Waals surface area contributed by atoms with Gasteiger partial charge in [0.2, 0.25) is 5.91 Å². The van der Waals surface area contributed by atoms with Crippen LogP contribution < -0.4 is 11.1 Å². The third kappa shape index (κ3) is 4.39. The van der Waals surface area contributed by atoms with Gasteiger partial charge < -0.3 is 11.1 Å². The molecule has 3 N–H and O–H groups in total. The molecule has 1 aromatic heterocycles. The summed E-state index contributed by atoms with van der Waals surface area (Å²) < 4.78 is 0. The van der Waals surface area contributed by atoms with Crippen LogP contribution in [0.5, 0.6) is 0 Å². The summed E-state index contributed by atoms with van der Waals surface area (Å²) in [6.45, 7) is 2.75. The predicted octanol–water partition coefficient (Wildman–Crippen LogP) is 1.70. The van der Waals surface area contributed by atoms with Gasteiger partial charge in [0, 0.05) is 24.0 Å². The van der Waals surface area contributed by atoms with Gasteiger partial charge in [-0.3, -0.25) is 4.79 Å². The normalized spacial score (nSPS) is 15.2. The van der Waals surface area contributed by atoms with Gasteiger partial charge in [0.15, 0.2) is 0 Å². The third-order valence-electron chi connectivity index (χ3n) is 2.82. The number of nitrogens with one attached hydrogen (secondary N) is 1. The maximum absolute atomic E-state index is 11.5. The molecule has 18 heavy (non-hydrogen) atoms. The zero-order valence-corrected chi connectivity index (χ0v) is 12.7. The zero-order chi connectivity index (χ0) is 11.6. The summed E-state index contributed by atoms with van der Waals surface area (Å²) in [5, 5.41) is 3.95. The lowest BCUT2D eigenvalue weighted by molar-refractivity contribution is -0.123. The second-order valence-corrected chi connectivity index (χ2v) is 5.44. The molecule has 0 bridgehead atoms. The fraction of sp³-hybridized carbons (Fsp3) is 0.636. The number of aromatic nitrogens is 1. The Bertz CT molecular complexity index is 393. The maximum atomic E-state index is 11.5. The molecule has 7 heteroatoms. The minimum atomic E-state index is -0.558. The van der Waals surface area contributed by atoms with Gasteiger partial charge in [0.1, 0.15) is 0 Å². The highest BCUT2D eigenvalue weighted by molar-refractivity contribution is 7.11. The lowest BCUT2D eigenvalue weighted by Crippen LogP contribution is -2.43. The van der Waals surface area contributed by atoms with E-state index in [-0.39, 0.29) is 30.7 Å². The average molecular weight is 312 g/mol. The van der Waals surface area contributed by atoms with Crippen molar-refractivity contribution in [1.29, 1.82) is 0 Å². The highest BCUT2D eigenvalue weighted by Crippen LogP contribution is 2.31. The van der Waals surface area contributed by atoms with Crippen LogP contribution in [0.25, 0.3) is 0 Å². The molecule has 2 rings (SSSR count). The van der Waals surface area contributed by atoms with Crippen molar-refractivity contribution in [2.75, 3.05) is 6.54 Å². The van der Waals surface area contributed by atoms with Gasteiger partial charge in [0.05, 0.1) is 10.5 Å². The van der Waals surface area contributed by atoms with Crippen molar-refractivity contribution in [2.45, 2.75) is 38.1 Å². The molecule has 0 aromatic carbocycles. The van der Waals surface area contributed by atoms with Gasteiger partial charge in [0.25, 0.3) is 0 Å². The van der Waals surface area contributed by atoms with Crippen LogP contribution in [-0.4, -0.2) is 23.0 Å². The summed E-state index contributed by atoms with van der Waals surface area (Å²) in [6, 6.07) is 0. The smallest absolute Gasteiger partial charge is 0.240 e. The maximum Gasteiger partial charge on any atom is 0.240 e. The number of hydrogen-bond acceptors (Lipinski definition) is 4. The van der Waals surface area contributed by atoms with Crippen molar-refractivity contribution in [2.24, 2.45) is 5.73 Å². The van der Waals surface area contributed by atoms with Gasteiger partial charge in [-0.15, -0.1) is 36.2 Å². The van der Waals surface area contributed by atoms with E-state index in [1.165, 1.54) is 4.88 Å². The van der Waals surface area contributed by atoms with Crippen LogP contribution in [0.1, 0.15) is 29.7 Å². The molecule has 1 amide bonds. The van der Waals surface area contributed by atoms with Gasteiger partial charge in [-0.05, 0) is 19.3 Å². The largest absolute Gasteiger partial charge is 0.354 e. The van der Waals surface area contributed by atoms with Gasteiger partial charge in [-0.25, -0.2) is 4.98 Å². The summed E-state index contributed by atoms with van der Waals surface area (Å²) in [5.74, 6) is -0.0141. The van der Waals surface area contributed by atoms with Crippen molar-refractivity contribution in [3.05, 3.63) is 16.1 Å². The number of hydrogen-bond donors (Lipinski definition) is 2. The van der Waals surface area contributed by atoms with Crippen molar-refractivity contribution >= 4 is 42.1 Å². The SMILES string of the molecule is CCc1cnc(CCNC(=O)C2(N)CC2)s1.Cl.Cl. The number of nitrogens with zero attached hydrogens (tertiary/aromatic N) is 1. The second kappa shape index (κ2) is 7.28. The minimum absolute atomic E-state index is 0. The van der Waals surface area contributed by atoms with Crippen molar-refractivity contribution in [3.63, 3.8) is 0 Å². The molecular formula is C11H19Cl2N3OS. The van der Waals surface area contributed by atoms with Crippen molar-refractivity contribution in [3.8, 4) is 0 Å². The molecule has 1 fully saturated rings. The van der Waals surface area contributed by atoms with E-state index in [9.17, 15) is 4.79 Å². The number of rotatable bonds is 5. The Kier molecular flexibility index (Phi) is 7.14. The molecule has 0 spiro atoms. The van der Waals surface area contributed by atoms with Crippen LogP contribution in [-0.2, 0) is 17.6 Å². The van der Waals surface area contributed by atoms with E-state index in [4.69, 9.17) is 5.73 Å². The number of carbonyl (C=O) groups is 1. The molecule has 1 saturated carbocycles. The monoisotopic (exact) mass is 311 g/mol. The van der Waals surface area contributed by atoms with Crippen LogP contribution in [0.2, 0.25) is 0 Å². The number of aryl methyl sites for hydroxylation is 1. The topological polar surface area (TPSA) is 68.0 Å². The summed E-state index contributed by atoms with van der Waals surface area (Å²) in [5.41, 5.74) is 5.21. The second-order valence-electron chi connectivity index (χ2n) is 4.24. The first-order chi connectivity index (χ1) is 7.64. The quantitative estimate of drug-likeness (QED) is 0.869. The molecule has 0 atom stereocenters. The van der Waals surface area contributed by atoms with E-state index < -0.39 is 5.54 Å². The molecule has 0 saturated heterocycles. The van der Waals surface area contributed by atoms with E-state index in [1.807, 2.05) is 6.20 Å². The Labute approximate surface area is 124 Å². The van der Waals surface area contributed by atoms with Gasteiger partial charge in [-0.2, -0.15) is 0 Å². The fourth-order valence-corrected chi connectivity index (χ4v) is 2.31.